The van der Waals surface area contributed by atoms with Crippen LogP contribution < -0.4 is 4.90 Å². The van der Waals surface area contributed by atoms with E-state index in [1.807, 2.05) is 60.9 Å². The van der Waals surface area contributed by atoms with E-state index in [-0.39, 0.29) is 0 Å². The minimum Gasteiger partial charge on any atom is -0.310 e. The molecule has 0 spiro atoms. The van der Waals surface area contributed by atoms with Crippen molar-refractivity contribution in [3.8, 4) is 33.6 Å². The molecule has 0 N–H and O–H groups in total. The van der Waals surface area contributed by atoms with Crippen LogP contribution >= 0.6 is 0 Å². The number of fused-ring (bicyclic) bond motifs is 5. The van der Waals surface area contributed by atoms with E-state index in [9.17, 15) is 0 Å². The van der Waals surface area contributed by atoms with E-state index in [1.165, 1.54) is 32.7 Å². The second-order valence-corrected chi connectivity index (χ2v) is 13.2. The zero-order chi connectivity index (χ0) is 35.1. The Morgan fingerprint density at radius 1 is 0.321 bits per heavy atom. The molecule has 2 aromatic heterocycles. The van der Waals surface area contributed by atoms with Gasteiger partial charge >= 0.3 is 0 Å². The van der Waals surface area contributed by atoms with E-state index < -0.39 is 0 Å². The van der Waals surface area contributed by atoms with E-state index in [4.69, 9.17) is 9.97 Å². The lowest BCUT2D eigenvalue weighted by atomic mass is 9.97. The molecule has 0 unspecified atom stereocenters. The highest BCUT2D eigenvalue weighted by atomic mass is 15.1. The Morgan fingerprint density at radius 2 is 0.774 bits per heavy atom. The Labute approximate surface area is 306 Å². The number of anilines is 3. The molecule has 0 radical (unpaired) electrons. The monoisotopic (exact) mass is 677 g/mol. The van der Waals surface area contributed by atoms with Crippen LogP contribution in [0.25, 0.3) is 77.3 Å². The predicted octanol–water partition coefficient (Wildman–Crippen LogP) is 12.4. The van der Waals surface area contributed by atoms with Gasteiger partial charge in [-0.25, -0.2) is 9.97 Å². The van der Waals surface area contributed by atoms with Crippen LogP contribution in [0.4, 0.5) is 17.1 Å². The number of rotatable bonds is 6. The fraction of sp³-hybridized carbons (Fsp3) is 0. The lowest BCUT2D eigenvalue weighted by Gasteiger charge is -2.26. The van der Waals surface area contributed by atoms with Gasteiger partial charge in [0.2, 0.25) is 0 Å². The van der Waals surface area contributed by atoms with Crippen molar-refractivity contribution in [2.24, 2.45) is 0 Å². The van der Waals surface area contributed by atoms with Gasteiger partial charge in [0, 0.05) is 28.2 Å². The molecule has 0 fully saturated rings. The molecule has 10 aromatic rings. The molecule has 0 atom stereocenters. The molecule has 53 heavy (non-hydrogen) atoms. The van der Waals surface area contributed by atoms with Crippen molar-refractivity contribution in [2.75, 3.05) is 4.90 Å². The van der Waals surface area contributed by atoms with Crippen LogP contribution in [0.3, 0.4) is 0 Å². The molecule has 0 saturated carbocycles. The molecule has 10 rings (SSSR count). The lowest BCUT2D eigenvalue weighted by Crippen LogP contribution is -2.10. The van der Waals surface area contributed by atoms with Crippen molar-refractivity contribution in [3.63, 3.8) is 0 Å². The van der Waals surface area contributed by atoms with Gasteiger partial charge in [-0.15, -0.1) is 0 Å². The summed E-state index contributed by atoms with van der Waals surface area (Å²) in [7, 11) is 0. The van der Waals surface area contributed by atoms with Crippen LogP contribution in [0.15, 0.2) is 188 Å². The Kier molecular flexibility index (Phi) is 7.40. The molecule has 2 heterocycles. The Morgan fingerprint density at radius 3 is 1.34 bits per heavy atom. The normalized spacial score (nSPS) is 11.4. The highest BCUT2D eigenvalue weighted by Crippen LogP contribution is 2.39. The minimum absolute atomic E-state index is 0.843. The van der Waals surface area contributed by atoms with Gasteiger partial charge in [-0.3, -0.25) is 9.97 Å². The van der Waals surface area contributed by atoms with Crippen LogP contribution in [0.1, 0.15) is 0 Å². The summed E-state index contributed by atoms with van der Waals surface area (Å²) >= 11 is 0. The van der Waals surface area contributed by atoms with Crippen LogP contribution in [0.5, 0.6) is 0 Å². The zero-order valence-electron chi connectivity index (χ0n) is 28.6. The highest BCUT2D eigenvalue weighted by Gasteiger charge is 2.16. The zero-order valence-corrected chi connectivity index (χ0v) is 28.6. The van der Waals surface area contributed by atoms with E-state index in [0.29, 0.717) is 0 Å². The molecule has 0 saturated heterocycles. The molecular weight excluding hydrogens is 647 g/mol. The maximum atomic E-state index is 4.89. The lowest BCUT2D eigenvalue weighted by molar-refractivity contribution is 1.27. The number of hydrogen-bond acceptors (Lipinski definition) is 5. The van der Waals surface area contributed by atoms with Gasteiger partial charge < -0.3 is 4.90 Å². The number of nitrogens with zero attached hydrogens (tertiary/aromatic N) is 5. The van der Waals surface area contributed by atoms with Crippen LogP contribution in [0, 0.1) is 0 Å². The summed E-state index contributed by atoms with van der Waals surface area (Å²) in [6, 6.07) is 61.6. The van der Waals surface area contributed by atoms with Crippen LogP contribution in [-0.2, 0) is 0 Å². The summed E-state index contributed by atoms with van der Waals surface area (Å²) in [6.07, 6.45) is 3.69. The smallest absolute Gasteiger partial charge is 0.0894 e. The van der Waals surface area contributed by atoms with E-state index in [2.05, 4.69) is 142 Å². The molecule has 8 aromatic carbocycles. The van der Waals surface area contributed by atoms with Gasteiger partial charge in [0.25, 0.3) is 0 Å². The first-order valence-electron chi connectivity index (χ1n) is 17.7. The van der Waals surface area contributed by atoms with Crippen molar-refractivity contribution >= 4 is 60.7 Å². The van der Waals surface area contributed by atoms with Crippen molar-refractivity contribution in [2.45, 2.75) is 0 Å². The topological polar surface area (TPSA) is 54.8 Å². The number of para-hydroxylation sites is 4. The third-order valence-electron chi connectivity index (χ3n) is 9.92. The van der Waals surface area contributed by atoms with Crippen LogP contribution in [-0.4, -0.2) is 19.9 Å². The van der Waals surface area contributed by atoms with Gasteiger partial charge in [0.15, 0.2) is 0 Å². The minimum atomic E-state index is 0.843. The van der Waals surface area contributed by atoms with Crippen molar-refractivity contribution in [3.05, 3.63) is 188 Å². The SMILES string of the molecule is c1ccc(-c2ccc3c(ccc4cc(N(c5ccc(-c6cnc7ccccc7n6)cc5)c5ccc(-c6cnc7ccccc7n6)cc5)ccc43)c2)cc1. The summed E-state index contributed by atoms with van der Waals surface area (Å²) in [4.78, 5) is 21.4. The van der Waals surface area contributed by atoms with E-state index in [1.54, 1.807) is 0 Å². The first-order chi connectivity index (χ1) is 26.2. The van der Waals surface area contributed by atoms with Gasteiger partial charge in [0.1, 0.15) is 0 Å². The quantitative estimate of drug-likeness (QED) is 0.164. The van der Waals surface area contributed by atoms with E-state index in [0.717, 1.165) is 61.6 Å². The first-order valence-corrected chi connectivity index (χ1v) is 17.7. The first kappa shape index (κ1) is 30.6. The van der Waals surface area contributed by atoms with Crippen molar-refractivity contribution in [1.82, 2.24) is 19.9 Å². The Hall–Kier alpha value is -7.24. The molecule has 5 nitrogen and oxygen atoms in total. The standard InChI is InChI=1S/C48H31N5/c1-2-8-32(9-3-1)35-20-26-41-36(28-35)14-15-37-29-40(25-27-42(37)41)53(38-21-16-33(17-22-38)47-30-49-43-10-4-6-12-45(43)51-47)39-23-18-34(19-24-39)48-31-50-44-11-5-7-13-46(44)52-48/h1-31H. The van der Waals surface area contributed by atoms with Gasteiger partial charge in [-0.05, 0) is 99.4 Å². The fourth-order valence-electron chi connectivity index (χ4n) is 7.21. The average Bonchev–Trinajstić information content (AvgIpc) is 3.24. The largest absolute Gasteiger partial charge is 0.310 e. The Balaban J connectivity index is 1.05. The maximum absolute atomic E-state index is 4.89. The predicted molar refractivity (Wildman–Crippen MR) is 219 cm³/mol. The summed E-state index contributed by atoms with van der Waals surface area (Å²) in [6.45, 7) is 0. The fourth-order valence-corrected chi connectivity index (χ4v) is 7.21. The third kappa shape index (κ3) is 5.71. The molecule has 0 aliphatic rings. The van der Waals surface area contributed by atoms with Crippen molar-refractivity contribution < 1.29 is 0 Å². The molecule has 248 valence electrons. The summed E-state index contributed by atoms with van der Waals surface area (Å²) in [5.74, 6) is 0. The van der Waals surface area contributed by atoms with Gasteiger partial charge in [-0.2, -0.15) is 0 Å². The third-order valence-corrected chi connectivity index (χ3v) is 9.92. The maximum Gasteiger partial charge on any atom is 0.0894 e. The molecule has 0 aliphatic heterocycles. The summed E-state index contributed by atoms with van der Waals surface area (Å²) < 4.78 is 0. The second kappa shape index (κ2) is 12.8. The highest BCUT2D eigenvalue weighted by molar-refractivity contribution is 6.09. The van der Waals surface area contributed by atoms with Crippen molar-refractivity contribution in [1.29, 1.82) is 0 Å². The van der Waals surface area contributed by atoms with Gasteiger partial charge in [-0.1, -0.05) is 109 Å². The number of hydrogen-bond donors (Lipinski definition) is 0. The van der Waals surface area contributed by atoms with Crippen LogP contribution in [0.2, 0.25) is 0 Å². The van der Waals surface area contributed by atoms with Gasteiger partial charge in [0.05, 0.1) is 45.8 Å². The number of benzene rings is 8. The molecule has 0 amide bonds. The number of aromatic nitrogens is 4. The van der Waals surface area contributed by atoms with E-state index >= 15 is 0 Å². The summed E-state index contributed by atoms with van der Waals surface area (Å²) in [5, 5.41) is 4.87. The molecular formula is C48H31N5. The average molecular weight is 678 g/mol. The molecule has 5 heteroatoms. The Bertz CT molecular complexity index is 2820. The summed E-state index contributed by atoms with van der Waals surface area (Å²) in [5.41, 5.74) is 12.8. The molecule has 0 aliphatic carbocycles. The second-order valence-electron chi connectivity index (χ2n) is 13.2. The molecule has 0 bridgehead atoms.